The molecule has 0 fully saturated rings. The maximum absolute atomic E-state index is 13.8. The Morgan fingerprint density at radius 1 is 1.14 bits per heavy atom. The van der Waals surface area contributed by atoms with E-state index >= 15 is 0 Å². The van der Waals surface area contributed by atoms with Crippen LogP contribution in [0.15, 0.2) is 47.3 Å². The molecule has 3 nitrogen and oxygen atoms in total. The minimum Gasteiger partial charge on any atom is -0.286 e. The fraction of sp³-hybridized carbons (Fsp3) is 0.0667. The third kappa shape index (κ3) is 2.67. The van der Waals surface area contributed by atoms with Crippen molar-refractivity contribution >= 4 is 33.5 Å². The van der Waals surface area contributed by atoms with Crippen molar-refractivity contribution in [3.8, 4) is 0 Å². The lowest BCUT2D eigenvalue weighted by molar-refractivity contribution is 0.559. The molecule has 0 N–H and O–H groups in total. The van der Waals surface area contributed by atoms with E-state index in [9.17, 15) is 13.6 Å². The van der Waals surface area contributed by atoms with Crippen molar-refractivity contribution in [2.24, 2.45) is 0 Å². The van der Waals surface area contributed by atoms with Gasteiger partial charge < -0.3 is 0 Å². The van der Waals surface area contributed by atoms with Gasteiger partial charge in [-0.2, -0.15) is 5.10 Å². The Kier molecular flexibility index (Phi) is 3.71. The maximum Gasteiger partial charge on any atom is 0.221 e. The van der Waals surface area contributed by atoms with E-state index in [-0.39, 0.29) is 12.0 Å². The number of benzene rings is 2. The molecule has 21 heavy (non-hydrogen) atoms. The van der Waals surface area contributed by atoms with E-state index in [0.29, 0.717) is 20.2 Å². The first-order valence-corrected chi connectivity index (χ1v) is 7.23. The van der Waals surface area contributed by atoms with Gasteiger partial charge in [0.1, 0.15) is 11.6 Å². The summed E-state index contributed by atoms with van der Waals surface area (Å²) in [7, 11) is 0. The maximum atomic E-state index is 13.8. The van der Waals surface area contributed by atoms with Crippen LogP contribution in [-0.2, 0) is 6.54 Å². The van der Waals surface area contributed by atoms with Gasteiger partial charge in [-0.05, 0) is 40.8 Å². The number of aromatic nitrogens is 2. The van der Waals surface area contributed by atoms with Crippen molar-refractivity contribution < 1.29 is 8.78 Å². The molecule has 0 aliphatic carbocycles. The summed E-state index contributed by atoms with van der Waals surface area (Å²) in [6, 6.07) is 10.4. The molecule has 6 heteroatoms. The number of fused-ring (bicyclic) bond motifs is 1. The second kappa shape index (κ2) is 5.51. The molecule has 1 heterocycles. The van der Waals surface area contributed by atoms with Gasteiger partial charge in [-0.15, -0.1) is 0 Å². The van der Waals surface area contributed by atoms with Gasteiger partial charge in [0.2, 0.25) is 5.43 Å². The molecule has 3 aromatic rings. The predicted octanol–water partition coefficient (Wildman–Crippen LogP) is 3.33. The highest BCUT2D eigenvalue weighted by molar-refractivity contribution is 14.1. The van der Waals surface area contributed by atoms with Gasteiger partial charge >= 0.3 is 0 Å². The standard InChI is InChI=1S/C15H9F2IN2O/c16-10-6-5-9(12(17)7-10)8-20-13-4-2-1-3-11(13)14(21)15(18)19-20/h1-7H,8H2. The van der Waals surface area contributed by atoms with Crippen molar-refractivity contribution in [2.75, 3.05) is 0 Å². The fourth-order valence-electron chi connectivity index (χ4n) is 2.14. The summed E-state index contributed by atoms with van der Waals surface area (Å²) in [5.74, 6) is -1.25. The van der Waals surface area contributed by atoms with Crippen molar-refractivity contribution in [2.45, 2.75) is 6.54 Å². The van der Waals surface area contributed by atoms with E-state index in [4.69, 9.17) is 0 Å². The molecule has 0 spiro atoms. The van der Waals surface area contributed by atoms with E-state index in [2.05, 4.69) is 5.10 Å². The summed E-state index contributed by atoms with van der Waals surface area (Å²) in [6.07, 6.45) is 0. The monoisotopic (exact) mass is 398 g/mol. The van der Waals surface area contributed by atoms with Crippen molar-refractivity contribution in [1.29, 1.82) is 0 Å². The topological polar surface area (TPSA) is 34.9 Å². The quantitative estimate of drug-likeness (QED) is 0.621. The molecule has 2 aromatic carbocycles. The first-order chi connectivity index (χ1) is 10.1. The molecule has 0 aliphatic heterocycles. The lowest BCUT2D eigenvalue weighted by Crippen LogP contribution is -2.18. The summed E-state index contributed by atoms with van der Waals surface area (Å²) in [4.78, 5) is 12.0. The van der Waals surface area contributed by atoms with Crippen LogP contribution in [0.3, 0.4) is 0 Å². The van der Waals surface area contributed by atoms with Crippen LogP contribution in [0, 0.1) is 15.3 Å². The van der Waals surface area contributed by atoms with E-state index in [0.717, 1.165) is 6.07 Å². The lowest BCUT2D eigenvalue weighted by Gasteiger charge is -2.11. The molecule has 0 saturated heterocycles. The Morgan fingerprint density at radius 2 is 1.90 bits per heavy atom. The number of nitrogens with zero attached hydrogens (tertiary/aromatic N) is 2. The highest BCUT2D eigenvalue weighted by Gasteiger charge is 2.11. The summed E-state index contributed by atoms with van der Waals surface area (Å²) < 4.78 is 28.6. The van der Waals surface area contributed by atoms with E-state index in [1.165, 1.54) is 12.1 Å². The Labute approximate surface area is 132 Å². The van der Waals surface area contributed by atoms with Gasteiger partial charge in [-0.1, -0.05) is 18.2 Å². The number of hydrogen-bond donors (Lipinski definition) is 0. The Hall–Kier alpha value is -1.83. The number of hydrogen-bond acceptors (Lipinski definition) is 2. The molecule has 0 unspecified atom stereocenters. The largest absolute Gasteiger partial charge is 0.286 e. The van der Waals surface area contributed by atoms with Crippen LogP contribution in [0.2, 0.25) is 0 Å². The number of halogens is 3. The molecule has 1 aromatic heterocycles. The van der Waals surface area contributed by atoms with Gasteiger partial charge in [0.05, 0.1) is 17.4 Å². The van der Waals surface area contributed by atoms with Crippen molar-refractivity contribution in [3.63, 3.8) is 0 Å². The zero-order valence-electron chi connectivity index (χ0n) is 10.7. The third-order valence-electron chi connectivity index (χ3n) is 3.16. The van der Waals surface area contributed by atoms with E-state index in [1.807, 2.05) is 22.6 Å². The van der Waals surface area contributed by atoms with Crippen LogP contribution >= 0.6 is 22.6 Å². The SMILES string of the molecule is O=c1c(I)nn(Cc2ccc(F)cc2F)c2ccccc12. The molecule has 0 saturated carbocycles. The zero-order valence-corrected chi connectivity index (χ0v) is 12.8. The van der Waals surface area contributed by atoms with Crippen LogP contribution in [0.25, 0.3) is 10.9 Å². The van der Waals surface area contributed by atoms with Gasteiger partial charge in [0, 0.05) is 11.6 Å². The summed E-state index contributed by atoms with van der Waals surface area (Å²) in [6.45, 7) is 0.128. The lowest BCUT2D eigenvalue weighted by atomic mass is 10.2. The minimum atomic E-state index is -0.630. The van der Waals surface area contributed by atoms with Gasteiger partial charge in [0.25, 0.3) is 0 Å². The van der Waals surface area contributed by atoms with Gasteiger partial charge in [-0.25, -0.2) is 8.78 Å². The summed E-state index contributed by atoms with van der Waals surface area (Å²) >= 11 is 1.86. The molecule has 0 atom stereocenters. The smallest absolute Gasteiger partial charge is 0.221 e. The van der Waals surface area contributed by atoms with Gasteiger partial charge in [-0.3, -0.25) is 9.48 Å². The highest BCUT2D eigenvalue weighted by atomic mass is 127. The minimum absolute atomic E-state index is 0.128. The number of rotatable bonds is 2. The van der Waals surface area contributed by atoms with Crippen molar-refractivity contribution in [1.82, 2.24) is 9.78 Å². The molecular formula is C15H9F2IN2O. The van der Waals surface area contributed by atoms with Crippen LogP contribution in [0.1, 0.15) is 5.56 Å². The van der Waals surface area contributed by atoms with Crippen LogP contribution < -0.4 is 5.43 Å². The molecule has 0 aliphatic rings. The average Bonchev–Trinajstić information content (AvgIpc) is 2.47. The van der Waals surface area contributed by atoms with E-state index < -0.39 is 11.6 Å². The Balaban J connectivity index is 2.17. The molecule has 0 bridgehead atoms. The Bertz CT molecular complexity index is 892. The molecular weight excluding hydrogens is 389 g/mol. The Morgan fingerprint density at radius 3 is 2.67 bits per heavy atom. The average molecular weight is 398 g/mol. The third-order valence-corrected chi connectivity index (χ3v) is 3.86. The molecule has 0 amide bonds. The normalized spacial score (nSPS) is 11.0. The van der Waals surface area contributed by atoms with Gasteiger partial charge in [0.15, 0.2) is 3.70 Å². The van der Waals surface area contributed by atoms with Crippen LogP contribution in [-0.4, -0.2) is 9.78 Å². The summed E-state index contributed by atoms with van der Waals surface area (Å²) in [5.41, 5.74) is 0.780. The molecule has 0 radical (unpaired) electrons. The van der Waals surface area contributed by atoms with Crippen LogP contribution in [0.5, 0.6) is 0 Å². The highest BCUT2D eigenvalue weighted by Crippen LogP contribution is 2.15. The first kappa shape index (κ1) is 14.1. The first-order valence-electron chi connectivity index (χ1n) is 6.15. The van der Waals surface area contributed by atoms with Crippen LogP contribution in [0.4, 0.5) is 8.78 Å². The number of para-hydroxylation sites is 1. The second-order valence-electron chi connectivity index (χ2n) is 4.53. The summed E-state index contributed by atoms with van der Waals surface area (Å²) in [5, 5.41) is 4.72. The zero-order chi connectivity index (χ0) is 15.0. The van der Waals surface area contributed by atoms with E-state index in [1.54, 1.807) is 28.9 Å². The van der Waals surface area contributed by atoms with Crippen molar-refractivity contribution in [3.05, 3.63) is 73.6 Å². The molecule has 3 rings (SSSR count). The fourth-order valence-corrected chi connectivity index (χ4v) is 2.69. The predicted molar refractivity (Wildman–Crippen MR) is 84.2 cm³/mol. The second-order valence-corrected chi connectivity index (χ2v) is 5.55. The molecule has 106 valence electrons.